The van der Waals surface area contributed by atoms with E-state index in [4.69, 9.17) is 21.4 Å². The highest BCUT2D eigenvalue weighted by atomic mass is 16.6. The van der Waals surface area contributed by atoms with Gasteiger partial charge in [-0.3, -0.25) is 4.79 Å². The lowest BCUT2D eigenvalue weighted by Gasteiger charge is -2.05. The minimum Gasteiger partial charge on any atom is -0.480 e. The Kier molecular flexibility index (Phi) is 3.52. The SMILES string of the molecule is N/C(=N/OCCC(N)C(=O)O)N1CC1. The highest BCUT2D eigenvalue weighted by Crippen LogP contribution is 2.01. The number of hydrogen-bond donors (Lipinski definition) is 3. The molecule has 1 atom stereocenters. The van der Waals surface area contributed by atoms with Crippen molar-refractivity contribution in [1.29, 1.82) is 0 Å². The third-order valence-electron chi connectivity index (χ3n) is 1.77. The molecule has 1 heterocycles. The molecule has 1 saturated heterocycles. The van der Waals surface area contributed by atoms with Gasteiger partial charge in [-0.2, -0.15) is 0 Å². The molecule has 1 fully saturated rings. The second-order valence-corrected chi connectivity index (χ2v) is 3.00. The fourth-order valence-electron chi connectivity index (χ4n) is 0.752. The quantitative estimate of drug-likeness (QED) is 0.162. The molecule has 0 saturated carbocycles. The fourth-order valence-corrected chi connectivity index (χ4v) is 0.752. The summed E-state index contributed by atoms with van der Waals surface area (Å²) in [5.74, 6) is -0.717. The van der Waals surface area contributed by atoms with Crippen molar-refractivity contribution in [3.05, 3.63) is 0 Å². The number of nitrogens with zero attached hydrogens (tertiary/aromatic N) is 2. The zero-order valence-corrected chi connectivity index (χ0v) is 7.72. The predicted octanol–water partition coefficient (Wildman–Crippen LogP) is -1.65. The van der Waals surface area contributed by atoms with E-state index >= 15 is 0 Å². The van der Waals surface area contributed by atoms with Crippen LogP contribution >= 0.6 is 0 Å². The van der Waals surface area contributed by atoms with E-state index in [0.29, 0.717) is 5.96 Å². The molecule has 14 heavy (non-hydrogen) atoms. The molecule has 0 aromatic rings. The predicted molar refractivity (Wildman–Crippen MR) is 49.4 cm³/mol. The van der Waals surface area contributed by atoms with Crippen molar-refractivity contribution in [3.8, 4) is 0 Å². The molecule has 0 amide bonds. The summed E-state index contributed by atoms with van der Waals surface area (Å²) < 4.78 is 0. The smallest absolute Gasteiger partial charge is 0.320 e. The van der Waals surface area contributed by atoms with E-state index in [1.807, 2.05) is 4.90 Å². The number of guanidine groups is 1. The number of carboxylic acids is 1. The fraction of sp³-hybridized carbons (Fsp3) is 0.714. The van der Waals surface area contributed by atoms with Crippen LogP contribution in [0.1, 0.15) is 6.42 Å². The Morgan fingerprint density at radius 2 is 2.29 bits per heavy atom. The average molecular weight is 202 g/mol. The zero-order chi connectivity index (χ0) is 10.6. The van der Waals surface area contributed by atoms with E-state index in [1.54, 1.807) is 0 Å². The van der Waals surface area contributed by atoms with Crippen LogP contribution in [0.4, 0.5) is 0 Å². The van der Waals surface area contributed by atoms with Gasteiger partial charge in [0.25, 0.3) is 0 Å². The number of aliphatic carboxylic acids is 1. The van der Waals surface area contributed by atoms with E-state index < -0.39 is 12.0 Å². The summed E-state index contributed by atoms with van der Waals surface area (Å²) in [6.45, 7) is 1.95. The molecule has 1 aliphatic heterocycles. The maximum atomic E-state index is 10.3. The second kappa shape index (κ2) is 4.66. The van der Waals surface area contributed by atoms with Gasteiger partial charge >= 0.3 is 5.97 Å². The number of carbonyl (C=O) groups is 1. The van der Waals surface area contributed by atoms with E-state index in [2.05, 4.69) is 5.16 Å². The average Bonchev–Trinajstić information content (AvgIpc) is 2.94. The summed E-state index contributed by atoms with van der Waals surface area (Å²) in [6.07, 6.45) is 0.214. The third-order valence-corrected chi connectivity index (χ3v) is 1.77. The van der Waals surface area contributed by atoms with Crippen LogP contribution < -0.4 is 11.5 Å². The molecule has 0 aliphatic carbocycles. The molecule has 7 heteroatoms. The van der Waals surface area contributed by atoms with E-state index in [1.165, 1.54) is 0 Å². The summed E-state index contributed by atoms with van der Waals surface area (Å²) in [5.41, 5.74) is 10.7. The maximum absolute atomic E-state index is 10.3. The number of rotatable bonds is 5. The van der Waals surface area contributed by atoms with Gasteiger partial charge in [0.15, 0.2) is 0 Å². The van der Waals surface area contributed by atoms with Crippen LogP contribution in [0, 0.1) is 0 Å². The van der Waals surface area contributed by atoms with Crippen LogP contribution in [0.2, 0.25) is 0 Å². The summed E-state index contributed by atoms with van der Waals surface area (Å²) >= 11 is 0. The molecule has 0 aromatic heterocycles. The summed E-state index contributed by atoms with van der Waals surface area (Å²) in [6, 6.07) is -0.910. The largest absolute Gasteiger partial charge is 0.480 e. The number of oxime groups is 1. The van der Waals surface area contributed by atoms with Crippen molar-refractivity contribution in [3.63, 3.8) is 0 Å². The lowest BCUT2D eigenvalue weighted by molar-refractivity contribution is -0.139. The van der Waals surface area contributed by atoms with Crippen LogP contribution in [-0.2, 0) is 9.63 Å². The normalized spacial score (nSPS) is 17.8. The first-order valence-corrected chi connectivity index (χ1v) is 4.30. The Bertz CT molecular complexity index is 239. The van der Waals surface area contributed by atoms with Crippen molar-refractivity contribution in [1.82, 2.24) is 4.90 Å². The van der Waals surface area contributed by atoms with E-state index in [0.717, 1.165) is 13.1 Å². The van der Waals surface area contributed by atoms with Gasteiger partial charge < -0.3 is 26.3 Å². The van der Waals surface area contributed by atoms with Gasteiger partial charge in [0.2, 0.25) is 5.96 Å². The van der Waals surface area contributed by atoms with Crippen LogP contribution in [0.15, 0.2) is 5.16 Å². The number of hydrogen-bond acceptors (Lipinski definition) is 4. The highest BCUT2D eigenvalue weighted by Gasteiger charge is 2.20. The van der Waals surface area contributed by atoms with Crippen molar-refractivity contribution < 1.29 is 14.7 Å². The van der Waals surface area contributed by atoms with E-state index in [-0.39, 0.29) is 13.0 Å². The van der Waals surface area contributed by atoms with Crippen molar-refractivity contribution >= 4 is 11.9 Å². The van der Waals surface area contributed by atoms with Crippen LogP contribution in [0.5, 0.6) is 0 Å². The van der Waals surface area contributed by atoms with Crippen molar-refractivity contribution in [2.45, 2.75) is 12.5 Å². The number of nitrogens with two attached hydrogens (primary N) is 2. The van der Waals surface area contributed by atoms with Crippen LogP contribution in [0.3, 0.4) is 0 Å². The highest BCUT2D eigenvalue weighted by molar-refractivity contribution is 5.79. The first-order valence-electron chi connectivity index (χ1n) is 4.30. The van der Waals surface area contributed by atoms with Crippen LogP contribution in [-0.4, -0.2) is 47.7 Å². The Morgan fingerprint density at radius 3 is 2.79 bits per heavy atom. The molecule has 1 aliphatic rings. The van der Waals surface area contributed by atoms with Crippen molar-refractivity contribution in [2.24, 2.45) is 16.6 Å². The number of carboxylic acid groups (broad SMARTS) is 1. The van der Waals surface area contributed by atoms with Gasteiger partial charge in [-0.15, -0.1) is 0 Å². The third kappa shape index (κ3) is 3.48. The maximum Gasteiger partial charge on any atom is 0.320 e. The summed E-state index contributed by atoms with van der Waals surface area (Å²) in [5, 5.41) is 12.0. The van der Waals surface area contributed by atoms with Gasteiger partial charge in [0.1, 0.15) is 12.6 Å². The molecule has 7 nitrogen and oxygen atoms in total. The molecule has 5 N–H and O–H groups in total. The van der Waals surface area contributed by atoms with Gasteiger partial charge in [-0.1, -0.05) is 0 Å². The molecular weight excluding hydrogens is 188 g/mol. The van der Waals surface area contributed by atoms with Gasteiger partial charge in [-0.25, -0.2) is 0 Å². The Morgan fingerprint density at radius 1 is 1.64 bits per heavy atom. The molecule has 1 unspecified atom stereocenters. The molecule has 80 valence electrons. The lowest BCUT2D eigenvalue weighted by Crippen LogP contribution is -2.31. The Hall–Kier alpha value is -1.50. The van der Waals surface area contributed by atoms with E-state index in [9.17, 15) is 4.79 Å². The molecule has 0 radical (unpaired) electrons. The summed E-state index contributed by atoms with van der Waals surface area (Å²) in [4.78, 5) is 16.9. The molecular formula is C7H14N4O3. The first kappa shape index (κ1) is 10.6. The molecule has 0 bridgehead atoms. The van der Waals surface area contributed by atoms with Crippen molar-refractivity contribution in [2.75, 3.05) is 19.7 Å². The monoisotopic (exact) mass is 202 g/mol. The minimum atomic E-state index is -1.04. The Labute approximate surface area is 81.3 Å². The van der Waals surface area contributed by atoms with Gasteiger partial charge in [0, 0.05) is 19.5 Å². The molecule has 0 aromatic carbocycles. The van der Waals surface area contributed by atoms with Gasteiger partial charge in [-0.05, 0) is 5.16 Å². The standard InChI is InChI=1S/C7H14N4O3/c8-5(6(12)13)1-4-14-10-7(9)11-2-3-11/h5H,1-4,8H2,(H2,9,10)(H,12,13). The first-order chi connectivity index (χ1) is 6.61. The lowest BCUT2D eigenvalue weighted by atomic mass is 10.2. The molecule has 1 rings (SSSR count). The zero-order valence-electron chi connectivity index (χ0n) is 7.72. The Balaban J connectivity index is 2.09. The van der Waals surface area contributed by atoms with Crippen LogP contribution in [0.25, 0.3) is 0 Å². The minimum absolute atomic E-state index is 0.155. The summed E-state index contributed by atoms with van der Waals surface area (Å²) in [7, 11) is 0. The second-order valence-electron chi connectivity index (χ2n) is 3.00. The van der Waals surface area contributed by atoms with Gasteiger partial charge in [0.05, 0.1) is 0 Å². The molecule has 0 spiro atoms. The topological polar surface area (TPSA) is 114 Å².